The first-order chi connectivity index (χ1) is 36.4. The van der Waals surface area contributed by atoms with E-state index in [1.807, 2.05) is 0 Å². The Balaban J connectivity index is 1.05. The van der Waals surface area contributed by atoms with E-state index in [1.165, 1.54) is 97.3 Å². The van der Waals surface area contributed by atoms with E-state index in [1.54, 1.807) is 0 Å². The van der Waals surface area contributed by atoms with Gasteiger partial charge >= 0.3 is 0 Å². The standard InChI is InChI=1S/C69H65N5Si/c1-67(2,3)48-33-35-60-56(43-48)57-44-49(68(4,5)6)34-36-61(57)73(60)65-70-64(47-21-20-28-55(42-47)75(52-22-10-7-11-23-52,53-24-12-8-13-25-53)54-26-14-9-15-27-54)71-66(72-65)74-62-31-18-16-29-58(62)69(59-30-17-19-32-63(59)74)50-38-45-37-46(40-50)41-51(69)39-45/h7-36,42-46,50-51H,37-41H2,1-6H3. The average molecular weight is 992 g/mol. The summed E-state index contributed by atoms with van der Waals surface area (Å²) in [5.74, 6) is 4.80. The van der Waals surface area contributed by atoms with Crippen molar-refractivity contribution in [2.24, 2.45) is 23.7 Å². The molecule has 5 nitrogen and oxygen atoms in total. The fourth-order valence-corrected chi connectivity index (χ4v) is 19.9. The zero-order valence-corrected chi connectivity index (χ0v) is 45.1. The molecular weight excluding hydrogens is 927 g/mol. The zero-order chi connectivity index (χ0) is 50.8. The molecule has 0 atom stereocenters. The lowest BCUT2D eigenvalue weighted by Crippen LogP contribution is -2.74. The molecule has 15 rings (SSSR count). The maximum Gasteiger partial charge on any atom is 0.240 e. The van der Waals surface area contributed by atoms with E-state index in [0.717, 1.165) is 28.4 Å². The van der Waals surface area contributed by atoms with Crippen LogP contribution in [0.1, 0.15) is 95.9 Å². The zero-order valence-electron chi connectivity index (χ0n) is 44.1. The van der Waals surface area contributed by atoms with Gasteiger partial charge in [-0.15, -0.1) is 0 Å². The summed E-state index contributed by atoms with van der Waals surface area (Å²) in [5.41, 5.74) is 10.8. The van der Waals surface area contributed by atoms with E-state index in [4.69, 9.17) is 15.0 Å². The molecule has 6 heteroatoms. The van der Waals surface area contributed by atoms with Crippen molar-refractivity contribution in [1.82, 2.24) is 19.5 Å². The summed E-state index contributed by atoms with van der Waals surface area (Å²) in [6.45, 7) is 13.8. The Morgan fingerprint density at radius 3 is 1.35 bits per heavy atom. The Morgan fingerprint density at radius 1 is 0.427 bits per heavy atom. The number of para-hydroxylation sites is 2. The van der Waals surface area contributed by atoms with Crippen molar-refractivity contribution in [2.45, 2.75) is 89.9 Å². The average Bonchev–Trinajstić information content (AvgIpc) is 3.92. The second kappa shape index (κ2) is 17.1. The lowest BCUT2D eigenvalue weighted by atomic mass is 9.41. The second-order valence-electron chi connectivity index (χ2n) is 24.5. The summed E-state index contributed by atoms with van der Waals surface area (Å²) in [4.78, 5) is 19.7. The molecule has 1 aliphatic heterocycles. The minimum absolute atomic E-state index is 0.0375. The van der Waals surface area contributed by atoms with Crippen LogP contribution in [-0.2, 0) is 16.2 Å². The lowest BCUT2D eigenvalue weighted by molar-refractivity contribution is -0.0419. The van der Waals surface area contributed by atoms with Crippen LogP contribution in [-0.4, -0.2) is 27.6 Å². The maximum atomic E-state index is 5.78. The Hall–Kier alpha value is -7.41. The van der Waals surface area contributed by atoms with Gasteiger partial charge in [-0.05, 0) is 146 Å². The number of benzene rings is 8. The number of hydrogen-bond donors (Lipinski definition) is 0. The molecule has 4 saturated carbocycles. The lowest BCUT2D eigenvalue weighted by Gasteiger charge is -2.64. The minimum atomic E-state index is -2.91. The molecule has 0 unspecified atom stereocenters. The largest absolute Gasteiger partial charge is 0.278 e. The Morgan fingerprint density at radius 2 is 0.867 bits per heavy atom. The van der Waals surface area contributed by atoms with E-state index >= 15 is 0 Å². The summed E-state index contributed by atoms with van der Waals surface area (Å²) < 4.78 is 2.32. The normalized spacial score (nSPS) is 19.7. The van der Waals surface area contributed by atoms with E-state index in [-0.39, 0.29) is 16.2 Å². The molecule has 4 bridgehead atoms. The van der Waals surface area contributed by atoms with E-state index in [9.17, 15) is 0 Å². The first-order valence-corrected chi connectivity index (χ1v) is 29.5. The molecule has 4 aliphatic carbocycles. The fourth-order valence-electron chi connectivity index (χ4n) is 15.1. The predicted octanol–water partition coefficient (Wildman–Crippen LogP) is 14.1. The summed E-state index contributed by atoms with van der Waals surface area (Å²) in [5, 5.41) is 7.65. The molecular formula is C69H65N5Si. The fraction of sp³-hybridized carbons (Fsp3) is 0.261. The van der Waals surface area contributed by atoms with Crippen LogP contribution in [0.25, 0.3) is 39.1 Å². The van der Waals surface area contributed by atoms with Gasteiger partial charge in [0, 0.05) is 21.8 Å². The van der Waals surface area contributed by atoms with Crippen LogP contribution < -0.4 is 25.6 Å². The van der Waals surface area contributed by atoms with Crippen molar-refractivity contribution in [1.29, 1.82) is 0 Å². The van der Waals surface area contributed by atoms with Gasteiger partial charge in [0.25, 0.3) is 0 Å². The number of fused-ring (bicyclic) bond motifs is 5. The van der Waals surface area contributed by atoms with Crippen LogP contribution in [0.2, 0.25) is 0 Å². The van der Waals surface area contributed by atoms with Crippen molar-refractivity contribution in [3.63, 3.8) is 0 Å². The van der Waals surface area contributed by atoms with Crippen LogP contribution in [0.4, 0.5) is 17.3 Å². The van der Waals surface area contributed by atoms with Gasteiger partial charge in [-0.1, -0.05) is 205 Å². The Kier molecular flexibility index (Phi) is 10.5. The van der Waals surface area contributed by atoms with E-state index < -0.39 is 8.07 Å². The van der Waals surface area contributed by atoms with Crippen LogP contribution in [0, 0.1) is 23.7 Å². The Bertz CT molecular complexity index is 3580. The molecule has 1 spiro atoms. The van der Waals surface area contributed by atoms with Crippen molar-refractivity contribution < 1.29 is 0 Å². The van der Waals surface area contributed by atoms with Crippen LogP contribution in [0.15, 0.2) is 200 Å². The number of rotatable bonds is 7. The smallest absolute Gasteiger partial charge is 0.240 e. The van der Waals surface area contributed by atoms with Gasteiger partial charge in [-0.3, -0.25) is 9.47 Å². The van der Waals surface area contributed by atoms with E-state index in [2.05, 4.69) is 251 Å². The molecule has 0 radical (unpaired) electrons. The van der Waals surface area contributed by atoms with Crippen molar-refractivity contribution in [2.75, 3.05) is 4.90 Å². The number of anilines is 3. The molecule has 370 valence electrons. The molecule has 2 aromatic heterocycles. The molecule has 75 heavy (non-hydrogen) atoms. The third-order valence-corrected chi connectivity index (χ3v) is 23.1. The monoisotopic (exact) mass is 992 g/mol. The highest BCUT2D eigenvalue weighted by Crippen LogP contribution is 2.69. The molecule has 0 saturated heterocycles. The third kappa shape index (κ3) is 7.04. The van der Waals surface area contributed by atoms with Gasteiger partial charge in [0.2, 0.25) is 11.9 Å². The van der Waals surface area contributed by atoms with Gasteiger partial charge in [0.15, 0.2) is 13.9 Å². The molecule has 3 heterocycles. The first-order valence-electron chi connectivity index (χ1n) is 27.5. The predicted molar refractivity (Wildman–Crippen MR) is 313 cm³/mol. The van der Waals surface area contributed by atoms with Gasteiger partial charge < -0.3 is 0 Å². The first kappa shape index (κ1) is 46.1. The summed E-state index contributed by atoms with van der Waals surface area (Å²) >= 11 is 0. The highest BCUT2D eigenvalue weighted by atomic mass is 28.3. The summed E-state index contributed by atoms with van der Waals surface area (Å²) in [7, 11) is -2.91. The molecule has 0 N–H and O–H groups in total. The topological polar surface area (TPSA) is 46.8 Å². The van der Waals surface area contributed by atoms with Crippen molar-refractivity contribution in [3.8, 4) is 17.3 Å². The van der Waals surface area contributed by atoms with Gasteiger partial charge in [-0.25, -0.2) is 0 Å². The van der Waals surface area contributed by atoms with Crippen molar-refractivity contribution in [3.05, 3.63) is 222 Å². The number of nitrogens with zero attached hydrogens (tertiary/aromatic N) is 5. The molecule has 10 aromatic rings. The highest BCUT2D eigenvalue weighted by molar-refractivity contribution is 7.19. The second-order valence-corrected chi connectivity index (χ2v) is 28.3. The van der Waals surface area contributed by atoms with Gasteiger partial charge in [-0.2, -0.15) is 15.0 Å². The third-order valence-electron chi connectivity index (χ3n) is 18.3. The van der Waals surface area contributed by atoms with Crippen LogP contribution in [0.3, 0.4) is 0 Å². The van der Waals surface area contributed by atoms with Gasteiger partial charge in [0.05, 0.1) is 22.4 Å². The SMILES string of the molecule is CC(C)(C)c1ccc2c(c1)c1cc(C(C)(C)C)ccc1n2-c1nc(-c2cccc([Si](c3ccccc3)(c3ccccc3)c3ccccc3)c2)nc(N2c3ccccc3C3(c4ccccc42)C2CC4CC(C2)CC3C4)n1. The van der Waals surface area contributed by atoms with Crippen LogP contribution in [0.5, 0.6) is 0 Å². The number of hydrogen-bond acceptors (Lipinski definition) is 4. The van der Waals surface area contributed by atoms with Gasteiger partial charge in [0.1, 0.15) is 0 Å². The molecule has 8 aromatic carbocycles. The van der Waals surface area contributed by atoms with Crippen LogP contribution >= 0.6 is 0 Å². The highest BCUT2D eigenvalue weighted by Gasteiger charge is 2.61. The summed E-state index contributed by atoms with van der Waals surface area (Å²) in [6, 6.07) is 75.4. The molecule has 5 aliphatic rings. The molecule has 0 amide bonds. The quantitative estimate of drug-likeness (QED) is 0.118. The number of aromatic nitrogens is 4. The van der Waals surface area contributed by atoms with Crippen molar-refractivity contribution >= 4 is 67.9 Å². The summed E-state index contributed by atoms with van der Waals surface area (Å²) in [6.07, 6.45) is 6.67. The Labute approximate surface area is 443 Å². The maximum absolute atomic E-state index is 5.78. The minimum Gasteiger partial charge on any atom is -0.278 e. The molecule has 4 fully saturated rings. The van der Waals surface area contributed by atoms with E-state index in [0.29, 0.717) is 29.6 Å².